The fourth-order valence-electron chi connectivity index (χ4n) is 1.20. The average Bonchev–Trinajstić information content (AvgIpc) is 2.95. The summed E-state index contributed by atoms with van der Waals surface area (Å²) < 4.78 is 10.6. The molecule has 3 nitrogen and oxygen atoms in total. The predicted molar refractivity (Wildman–Crippen MR) is 54.6 cm³/mol. The van der Waals surface area contributed by atoms with Crippen LogP contribution < -0.4 is 15.2 Å². The van der Waals surface area contributed by atoms with Crippen molar-refractivity contribution in [3.05, 3.63) is 24.3 Å². The Morgan fingerprint density at radius 3 is 2.29 bits per heavy atom. The van der Waals surface area contributed by atoms with Crippen LogP contribution in [0.4, 0.5) is 0 Å². The average molecular weight is 193 g/mol. The maximum absolute atomic E-state index is 5.90. The molecule has 2 rings (SSSR count). The lowest BCUT2D eigenvalue weighted by Gasteiger charge is -2.11. The van der Waals surface area contributed by atoms with Gasteiger partial charge in [-0.25, -0.2) is 0 Å². The van der Waals surface area contributed by atoms with Gasteiger partial charge in [0.05, 0.1) is 12.6 Å². The summed E-state index contributed by atoms with van der Waals surface area (Å²) in [6.45, 7) is 0.610. The monoisotopic (exact) mass is 193 g/mol. The number of benzene rings is 1. The van der Waals surface area contributed by atoms with Gasteiger partial charge in [0.1, 0.15) is 18.1 Å². The Kier molecular flexibility index (Phi) is 2.33. The van der Waals surface area contributed by atoms with Gasteiger partial charge < -0.3 is 15.2 Å². The van der Waals surface area contributed by atoms with Gasteiger partial charge in [0.2, 0.25) is 0 Å². The SMILES string of the molecule is COc1ccc(OCC2(N)CC2)cc1. The maximum Gasteiger partial charge on any atom is 0.119 e. The molecule has 0 aliphatic heterocycles. The van der Waals surface area contributed by atoms with Gasteiger partial charge in [-0.05, 0) is 37.1 Å². The predicted octanol–water partition coefficient (Wildman–Crippen LogP) is 1.57. The lowest BCUT2D eigenvalue weighted by molar-refractivity contribution is 0.279. The lowest BCUT2D eigenvalue weighted by Crippen LogP contribution is -2.29. The number of rotatable bonds is 4. The van der Waals surface area contributed by atoms with Crippen LogP contribution in [-0.2, 0) is 0 Å². The molecular formula is C11H15NO2. The van der Waals surface area contributed by atoms with Gasteiger partial charge in [-0.15, -0.1) is 0 Å². The second-order valence-corrected chi connectivity index (χ2v) is 3.83. The molecule has 0 bridgehead atoms. The summed E-state index contributed by atoms with van der Waals surface area (Å²) in [6, 6.07) is 7.55. The highest BCUT2D eigenvalue weighted by Crippen LogP contribution is 2.32. The van der Waals surface area contributed by atoms with E-state index in [1.165, 1.54) is 0 Å². The Morgan fingerprint density at radius 2 is 1.79 bits per heavy atom. The molecule has 1 aromatic rings. The van der Waals surface area contributed by atoms with Crippen LogP contribution in [0.5, 0.6) is 11.5 Å². The van der Waals surface area contributed by atoms with E-state index in [0.717, 1.165) is 24.3 Å². The van der Waals surface area contributed by atoms with E-state index in [9.17, 15) is 0 Å². The highest BCUT2D eigenvalue weighted by molar-refractivity contribution is 5.31. The van der Waals surface area contributed by atoms with Crippen LogP contribution >= 0.6 is 0 Å². The molecule has 76 valence electrons. The van der Waals surface area contributed by atoms with Crippen molar-refractivity contribution in [2.24, 2.45) is 5.73 Å². The molecular weight excluding hydrogens is 178 g/mol. The molecule has 0 heterocycles. The second-order valence-electron chi connectivity index (χ2n) is 3.83. The Balaban J connectivity index is 1.89. The molecule has 1 aliphatic carbocycles. The first kappa shape index (κ1) is 9.34. The van der Waals surface area contributed by atoms with Crippen molar-refractivity contribution in [1.82, 2.24) is 0 Å². The molecule has 0 saturated heterocycles. The first-order chi connectivity index (χ1) is 6.72. The van der Waals surface area contributed by atoms with Crippen molar-refractivity contribution in [3.8, 4) is 11.5 Å². The van der Waals surface area contributed by atoms with Crippen molar-refractivity contribution >= 4 is 0 Å². The van der Waals surface area contributed by atoms with Crippen LogP contribution in [0.25, 0.3) is 0 Å². The highest BCUT2D eigenvalue weighted by Gasteiger charge is 2.39. The lowest BCUT2D eigenvalue weighted by atomic mass is 10.3. The highest BCUT2D eigenvalue weighted by atomic mass is 16.5. The topological polar surface area (TPSA) is 44.5 Å². The largest absolute Gasteiger partial charge is 0.497 e. The number of nitrogens with two attached hydrogens (primary N) is 1. The van der Waals surface area contributed by atoms with Gasteiger partial charge in [-0.3, -0.25) is 0 Å². The van der Waals surface area contributed by atoms with Crippen LogP contribution in [-0.4, -0.2) is 19.3 Å². The minimum Gasteiger partial charge on any atom is -0.497 e. The third-order valence-corrected chi connectivity index (χ3v) is 2.48. The van der Waals surface area contributed by atoms with E-state index in [1.54, 1.807) is 7.11 Å². The number of hydrogen-bond acceptors (Lipinski definition) is 3. The van der Waals surface area contributed by atoms with Gasteiger partial charge >= 0.3 is 0 Å². The van der Waals surface area contributed by atoms with Gasteiger partial charge in [0, 0.05) is 0 Å². The fourth-order valence-corrected chi connectivity index (χ4v) is 1.20. The fraction of sp³-hybridized carbons (Fsp3) is 0.455. The number of ether oxygens (including phenoxy) is 2. The van der Waals surface area contributed by atoms with E-state index in [0.29, 0.717) is 6.61 Å². The molecule has 0 spiro atoms. The normalized spacial score (nSPS) is 17.6. The zero-order valence-corrected chi connectivity index (χ0v) is 8.32. The summed E-state index contributed by atoms with van der Waals surface area (Å²) in [6.07, 6.45) is 2.15. The first-order valence-corrected chi connectivity index (χ1v) is 4.78. The summed E-state index contributed by atoms with van der Waals surface area (Å²) >= 11 is 0. The maximum atomic E-state index is 5.90. The first-order valence-electron chi connectivity index (χ1n) is 4.78. The van der Waals surface area contributed by atoms with Crippen molar-refractivity contribution in [3.63, 3.8) is 0 Å². The van der Waals surface area contributed by atoms with E-state index in [4.69, 9.17) is 15.2 Å². The van der Waals surface area contributed by atoms with Crippen LogP contribution in [0, 0.1) is 0 Å². The summed E-state index contributed by atoms with van der Waals surface area (Å²) in [5.41, 5.74) is 5.85. The molecule has 0 unspecified atom stereocenters. The van der Waals surface area contributed by atoms with Crippen molar-refractivity contribution < 1.29 is 9.47 Å². The molecule has 1 saturated carbocycles. The summed E-state index contributed by atoms with van der Waals surface area (Å²) in [5.74, 6) is 1.69. The summed E-state index contributed by atoms with van der Waals surface area (Å²) in [5, 5.41) is 0. The Bertz CT molecular complexity index is 304. The van der Waals surface area contributed by atoms with E-state index in [1.807, 2.05) is 24.3 Å². The molecule has 0 amide bonds. The standard InChI is InChI=1S/C11H15NO2/c1-13-9-2-4-10(5-3-9)14-8-11(12)6-7-11/h2-5H,6-8,12H2,1H3. The zero-order valence-electron chi connectivity index (χ0n) is 8.32. The molecule has 1 aliphatic rings. The van der Waals surface area contributed by atoms with Crippen molar-refractivity contribution in [1.29, 1.82) is 0 Å². The molecule has 1 fully saturated rings. The Hall–Kier alpha value is -1.22. The third kappa shape index (κ3) is 2.17. The Labute approximate surface area is 83.8 Å². The zero-order chi connectivity index (χ0) is 10.0. The minimum atomic E-state index is -0.0556. The van der Waals surface area contributed by atoms with Gasteiger partial charge in [-0.1, -0.05) is 0 Å². The van der Waals surface area contributed by atoms with Gasteiger partial charge in [0.15, 0.2) is 0 Å². The minimum absolute atomic E-state index is 0.0556. The van der Waals surface area contributed by atoms with Gasteiger partial charge in [0.25, 0.3) is 0 Å². The van der Waals surface area contributed by atoms with E-state index < -0.39 is 0 Å². The summed E-state index contributed by atoms with van der Waals surface area (Å²) in [7, 11) is 1.65. The van der Waals surface area contributed by atoms with Crippen LogP contribution in [0.2, 0.25) is 0 Å². The van der Waals surface area contributed by atoms with Crippen LogP contribution in [0.3, 0.4) is 0 Å². The number of methoxy groups -OCH3 is 1. The Morgan fingerprint density at radius 1 is 1.21 bits per heavy atom. The van der Waals surface area contributed by atoms with Crippen LogP contribution in [0.15, 0.2) is 24.3 Å². The molecule has 1 aromatic carbocycles. The molecule has 3 heteroatoms. The molecule has 0 atom stereocenters. The molecule has 14 heavy (non-hydrogen) atoms. The van der Waals surface area contributed by atoms with Crippen molar-refractivity contribution in [2.75, 3.05) is 13.7 Å². The van der Waals surface area contributed by atoms with E-state index >= 15 is 0 Å². The van der Waals surface area contributed by atoms with E-state index in [-0.39, 0.29) is 5.54 Å². The van der Waals surface area contributed by atoms with E-state index in [2.05, 4.69) is 0 Å². The smallest absolute Gasteiger partial charge is 0.119 e. The summed E-state index contributed by atoms with van der Waals surface area (Å²) in [4.78, 5) is 0. The van der Waals surface area contributed by atoms with Crippen molar-refractivity contribution in [2.45, 2.75) is 18.4 Å². The van der Waals surface area contributed by atoms with Gasteiger partial charge in [-0.2, -0.15) is 0 Å². The number of hydrogen-bond donors (Lipinski definition) is 1. The second kappa shape index (κ2) is 3.50. The quantitative estimate of drug-likeness (QED) is 0.789. The molecule has 0 aromatic heterocycles. The molecule has 0 radical (unpaired) electrons. The third-order valence-electron chi connectivity index (χ3n) is 2.48. The van der Waals surface area contributed by atoms with Crippen LogP contribution in [0.1, 0.15) is 12.8 Å². The molecule has 2 N–H and O–H groups in total.